The lowest BCUT2D eigenvalue weighted by atomic mass is 9.80. The first-order valence-corrected chi connectivity index (χ1v) is 6.26. The van der Waals surface area contributed by atoms with Crippen molar-refractivity contribution in [1.29, 1.82) is 0 Å². The van der Waals surface area contributed by atoms with Crippen LogP contribution in [0.5, 0.6) is 0 Å². The summed E-state index contributed by atoms with van der Waals surface area (Å²) in [6, 6.07) is -0.518. The van der Waals surface area contributed by atoms with Crippen LogP contribution in [0.3, 0.4) is 0 Å². The molecule has 0 bridgehead atoms. The molecule has 100 valence electrons. The van der Waals surface area contributed by atoms with E-state index >= 15 is 0 Å². The first kappa shape index (κ1) is 14.8. The summed E-state index contributed by atoms with van der Waals surface area (Å²) in [6.45, 7) is 6.46. The zero-order valence-corrected chi connectivity index (χ0v) is 11.4. The van der Waals surface area contributed by atoms with E-state index in [-0.39, 0.29) is 18.7 Å². The highest BCUT2D eigenvalue weighted by Gasteiger charge is 2.44. The van der Waals surface area contributed by atoms with Gasteiger partial charge < -0.3 is 5.32 Å². The van der Waals surface area contributed by atoms with Crippen molar-refractivity contribution in [3.05, 3.63) is 0 Å². The van der Waals surface area contributed by atoms with Crippen molar-refractivity contribution < 1.29 is 13.6 Å². The minimum Gasteiger partial charge on any atom is -0.306 e. The van der Waals surface area contributed by atoms with Crippen LogP contribution in [0.2, 0.25) is 0 Å². The lowest BCUT2D eigenvalue weighted by Crippen LogP contribution is -2.56. The molecule has 5 heteroatoms. The van der Waals surface area contributed by atoms with Crippen LogP contribution in [-0.4, -0.2) is 29.7 Å². The Hall–Kier alpha value is -0.220. The van der Waals surface area contributed by atoms with Crippen LogP contribution in [-0.2, 0) is 4.79 Å². The number of Topliss-reactive ketones (excluding diaryl/α,β-unsaturated/α-hetero) is 1. The van der Waals surface area contributed by atoms with Crippen molar-refractivity contribution in [2.24, 2.45) is 11.3 Å². The van der Waals surface area contributed by atoms with E-state index < -0.39 is 28.7 Å². The van der Waals surface area contributed by atoms with Crippen LogP contribution < -0.4 is 5.32 Å². The number of alkyl halides is 3. The molecule has 3 atom stereocenters. The first-order chi connectivity index (χ1) is 7.53. The minimum atomic E-state index is -2.75. The number of carbonyl (C=O) groups excluding carboxylic acids is 1. The summed E-state index contributed by atoms with van der Waals surface area (Å²) >= 11 is 6.07. The smallest absolute Gasteiger partial charge is 0.249 e. The molecule has 0 aromatic rings. The van der Waals surface area contributed by atoms with E-state index in [2.05, 4.69) is 5.32 Å². The van der Waals surface area contributed by atoms with Gasteiger partial charge in [0.2, 0.25) is 5.92 Å². The molecule has 1 rings (SSSR count). The van der Waals surface area contributed by atoms with Gasteiger partial charge in [-0.1, -0.05) is 20.8 Å². The normalized spacial score (nSPS) is 31.4. The average molecular weight is 268 g/mol. The van der Waals surface area contributed by atoms with Gasteiger partial charge in [-0.25, -0.2) is 8.78 Å². The summed E-state index contributed by atoms with van der Waals surface area (Å²) < 4.78 is 26.3. The quantitative estimate of drug-likeness (QED) is 0.780. The molecule has 0 aromatic carbocycles. The number of halogens is 3. The third kappa shape index (κ3) is 3.62. The second kappa shape index (κ2) is 4.81. The maximum atomic E-state index is 13.2. The molecule has 1 aliphatic rings. The molecule has 0 saturated carbocycles. The van der Waals surface area contributed by atoms with Gasteiger partial charge in [0.25, 0.3) is 0 Å². The van der Waals surface area contributed by atoms with Gasteiger partial charge in [0.1, 0.15) is 0 Å². The Morgan fingerprint density at radius 3 is 2.18 bits per heavy atom. The SMILES string of the molecule is CC(C)(C)C(=O)C1NCC(C(C)(F)F)CC1Cl. The van der Waals surface area contributed by atoms with Gasteiger partial charge in [0.05, 0.1) is 11.4 Å². The molecule has 1 aliphatic heterocycles. The predicted octanol–water partition coefficient (Wildman–Crippen LogP) is 2.84. The molecule has 1 saturated heterocycles. The standard InChI is InChI=1S/C12H20ClF2NO/c1-11(2,3)10(17)9-8(13)5-7(6-16-9)12(4,14)15/h7-9,16H,5-6H2,1-4H3. The fraction of sp³-hybridized carbons (Fsp3) is 0.917. The summed E-state index contributed by atoms with van der Waals surface area (Å²) in [5.41, 5.74) is -0.508. The zero-order chi connectivity index (χ0) is 13.4. The van der Waals surface area contributed by atoms with Crippen LogP contribution in [0.15, 0.2) is 0 Å². The molecule has 0 amide bonds. The predicted molar refractivity (Wildman–Crippen MR) is 64.6 cm³/mol. The van der Waals surface area contributed by atoms with Crippen molar-refractivity contribution in [2.75, 3.05) is 6.54 Å². The van der Waals surface area contributed by atoms with Crippen LogP contribution in [0.4, 0.5) is 8.78 Å². The van der Waals surface area contributed by atoms with E-state index in [1.54, 1.807) is 20.8 Å². The summed E-state index contributed by atoms with van der Waals surface area (Å²) in [7, 11) is 0. The van der Waals surface area contributed by atoms with E-state index in [1.807, 2.05) is 0 Å². The molecule has 0 aliphatic carbocycles. The molecule has 0 aromatic heterocycles. The van der Waals surface area contributed by atoms with Crippen molar-refractivity contribution in [1.82, 2.24) is 5.32 Å². The number of ketones is 1. The lowest BCUT2D eigenvalue weighted by molar-refractivity contribution is -0.130. The van der Waals surface area contributed by atoms with Gasteiger partial charge in [0, 0.05) is 17.9 Å². The fourth-order valence-electron chi connectivity index (χ4n) is 2.00. The molecule has 1 N–H and O–H groups in total. The number of hydrogen-bond donors (Lipinski definition) is 1. The second-order valence-corrected chi connectivity index (χ2v) is 6.47. The van der Waals surface area contributed by atoms with Crippen LogP contribution >= 0.6 is 11.6 Å². The van der Waals surface area contributed by atoms with Gasteiger partial charge in [-0.15, -0.1) is 11.6 Å². The second-order valence-electron chi connectivity index (χ2n) is 5.91. The maximum Gasteiger partial charge on any atom is 0.249 e. The van der Waals surface area contributed by atoms with Gasteiger partial charge in [-0.2, -0.15) is 0 Å². The molecule has 1 fully saturated rings. The first-order valence-electron chi connectivity index (χ1n) is 5.83. The molecule has 1 heterocycles. The summed E-state index contributed by atoms with van der Waals surface area (Å²) in [5.74, 6) is -3.57. The van der Waals surface area contributed by atoms with E-state index in [0.717, 1.165) is 6.92 Å². The highest BCUT2D eigenvalue weighted by atomic mass is 35.5. The van der Waals surface area contributed by atoms with Crippen LogP contribution in [0.1, 0.15) is 34.1 Å². The minimum absolute atomic E-state index is 0.0182. The Morgan fingerprint density at radius 2 is 1.82 bits per heavy atom. The Bertz CT molecular complexity index is 296. The number of carbonyl (C=O) groups is 1. The maximum absolute atomic E-state index is 13.2. The van der Waals surface area contributed by atoms with Crippen molar-refractivity contribution in [3.63, 3.8) is 0 Å². The topological polar surface area (TPSA) is 29.1 Å². The van der Waals surface area contributed by atoms with Crippen molar-refractivity contribution in [2.45, 2.75) is 51.5 Å². The molecule has 0 radical (unpaired) electrons. The highest BCUT2D eigenvalue weighted by Crippen LogP contribution is 2.34. The van der Waals surface area contributed by atoms with Crippen LogP contribution in [0, 0.1) is 11.3 Å². The lowest BCUT2D eigenvalue weighted by Gasteiger charge is -2.37. The van der Waals surface area contributed by atoms with Crippen molar-refractivity contribution in [3.8, 4) is 0 Å². The Morgan fingerprint density at radius 1 is 1.29 bits per heavy atom. The summed E-state index contributed by atoms with van der Waals surface area (Å²) in [4.78, 5) is 12.1. The molecule has 3 unspecified atom stereocenters. The van der Waals surface area contributed by atoms with E-state index in [4.69, 9.17) is 11.6 Å². The van der Waals surface area contributed by atoms with Gasteiger partial charge in [-0.3, -0.25) is 4.79 Å². The summed E-state index contributed by atoms with van der Waals surface area (Å²) in [5, 5.41) is 2.31. The Labute approximate surface area is 106 Å². The number of hydrogen-bond acceptors (Lipinski definition) is 2. The monoisotopic (exact) mass is 267 g/mol. The number of piperidine rings is 1. The fourth-order valence-corrected chi connectivity index (χ4v) is 2.42. The third-order valence-electron chi connectivity index (χ3n) is 3.19. The van der Waals surface area contributed by atoms with Crippen molar-refractivity contribution >= 4 is 17.4 Å². The molecule has 2 nitrogen and oxygen atoms in total. The molecule has 17 heavy (non-hydrogen) atoms. The third-order valence-corrected chi connectivity index (χ3v) is 3.62. The number of nitrogens with one attached hydrogen (secondary N) is 1. The Balaban J connectivity index is 2.70. The zero-order valence-electron chi connectivity index (χ0n) is 10.7. The Kier molecular flexibility index (Phi) is 4.20. The van der Waals surface area contributed by atoms with Crippen LogP contribution in [0.25, 0.3) is 0 Å². The number of rotatable bonds is 2. The van der Waals surface area contributed by atoms with Gasteiger partial charge >= 0.3 is 0 Å². The highest BCUT2D eigenvalue weighted by molar-refractivity contribution is 6.23. The van der Waals surface area contributed by atoms with E-state index in [9.17, 15) is 13.6 Å². The molecule has 0 spiro atoms. The molecular weight excluding hydrogens is 248 g/mol. The molecular formula is C12H20ClF2NO. The van der Waals surface area contributed by atoms with E-state index in [0.29, 0.717) is 0 Å². The summed E-state index contributed by atoms with van der Waals surface area (Å²) in [6.07, 6.45) is 0.171. The average Bonchev–Trinajstić information content (AvgIpc) is 2.13. The van der Waals surface area contributed by atoms with Gasteiger partial charge in [0.15, 0.2) is 5.78 Å². The largest absolute Gasteiger partial charge is 0.306 e. The van der Waals surface area contributed by atoms with E-state index in [1.165, 1.54) is 0 Å². The van der Waals surface area contributed by atoms with Gasteiger partial charge in [-0.05, 0) is 13.3 Å².